The molecule has 2 aliphatic heterocycles. The second kappa shape index (κ2) is 7.98. The maximum absolute atomic E-state index is 14.8. The van der Waals surface area contributed by atoms with E-state index in [-0.39, 0.29) is 24.9 Å². The molecule has 0 spiro atoms. The Morgan fingerprint density at radius 3 is 2.86 bits per heavy atom. The Morgan fingerprint density at radius 2 is 2.21 bits per heavy atom. The molecular weight excluding hydrogens is 375 g/mol. The first kappa shape index (κ1) is 19.0. The molecular formula is C21H21FN4O3. The number of ether oxygens (including phenoxy) is 1. The summed E-state index contributed by atoms with van der Waals surface area (Å²) in [6, 6.07) is 8.37. The lowest BCUT2D eigenvalue weighted by Gasteiger charge is -2.15. The van der Waals surface area contributed by atoms with Crippen LogP contribution in [0.3, 0.4) is 0 Å². The normalized spacial score (nSPS) is 20.8. The van der Waals surface area contributed by atoms with Gasteiger partial charge in [0, 0.05) is 48.6 Å². The van der Waals surface area contributed by atoms with Gasteiger partial charge >= 0.3 is 6.09 Å². The first-order chi connectivity index (χ1) is 14.0. The monoisotopic (exact) mass is 396 g/mol. The summed E-state index contributed by atoms with van der Waals surface area (Å²) in [5, 5.41) is 2.61. The van der Waals surface area contributed by atoms with Crippen molar-refractivity contribution in [2.45, 2.75) is 25.4 Å². The van der Waals surface area contributed by atoms with Crippen LogP contribution < -0.4 is 10.2 Å². The molecule has 3 heterocycles. The molecule has 2 amide bonds. The second-order valence-corrected chi connectivity index (χ2v) is 7.14. The fraction of sp³-hybridized carbons (Fsp3) is 0.333. The number of carbonyl (C=O) groups is 2. The first-order valence-electron chi connectivity index (χ1n) is 9.49. The SMILES string of the molecule is CC(=O)NC[C@H]1CN(c2ccc(-c3ccc(C4C=NCC4)nc3)c(F)c2)C(=O)O1. The average Bonchev–Trinajstić information content (AvgIpc) is 3.36. The molecule has 2 aliphatic rings. The fourth-order valence-electron chi connectivity index (χ4n) is 3.50. The van der Waals surface area contributed by atoms with Gasteiger partial charge in [0.1, 0.15) is 11.9 Å². The molecule has 150 valence electrons. The zero-order valence-corrected chi connectivity index (χ0v) is 16.0. The summed E-state index contributed by atoms with van der Waals surface area (Å²) >= 11 is 0. The number of hydrogen-bond acceptors (Lipinski definition) is 5. The molecule has 8 heteroatoms. The highest BCUT2D eigenvalue weighted by molar-refractivity contribution is 5.90. The molecule has 29 heavy (non-hydrogen) atoms. The number of anilines is 1. The minimum absolute atomic E-state index is 0.199. The summed E-state index contributed by atoms with van der Waals surface area (Å²) < 4.78 is 20.0. The fourth-order valence-corrected chi connectivity index (χ4v) is 3.50. The van der Waals surface area contributed by atoms with E-state index in [0.717, 1.165) is 18.7 Å². The molecule has 1 aromatic heterocycles. The molecule has 4 rings (SSSR count). The number of rotatable bonds is 5. The van der Waals surface area contributed by atoms with Gasteiger partial charge in [-0.3, -0.25) is 19.7 Å². The van der Waals surface area contributed by atoms with Gasteiger partial charge in [-0.25, -0.2) is 9.18 Å². The van der Waals surface area contributed by atoms with Crippen LogP contribution in [0.5, 0.6) is 0 Å². The van der Waals surface area contributed by atoms with E-state index >= 15 is 0 Å². The molecule has 1 aromatic carbocycles. The van der Waals surface area contributed by atoms with E-state index < -0.39 is 18.0 Å². The van der Waals surface area contributed by atoms with Gasteiger partial charge in [-0.2, -0.15) is 0 Å². The molecule has 0 bridgehead atoms. The Bertz CT molecular complexity index is 961. The van der Waals surface area contributed by atoms with Crippen LogP contribution in [0.2, 0.25) is 0 Å². The van der Waals surface area contributed by atoms with E-state index in [1.54, 1.807) is 18.3 Å². The number of amides is 2. The Labute approximate surface area is 167 Å². The highest BCUT2D eigenvalue weighted by atomic mass is 19.1. The summed E-state index contributed by atoms with van der Waals surface area (Å²) in [5.41, 5.74) is 2.42. The van der Waals surface area contributed by atoms with Crippen molar-refractivity contribution >= 4 is 23.9 Å². The number of nitrogens with one attached hydrogen (secondary N) is 1. The number of nitrogens with zero attached hydrogens (tertiary/aromatic N) is 3. The number of benzene rings is 1. The van der Waals surface area contributed by atoms with E-state index in [0.29, 0.717) is 16.8 Å². The van der Waals surface area contributed by atoms with E-state index in [1.165, 1.54) is 17.9 Å². The Hall–Kier alpha value is -3.29. The number of pyridine rings is 1. The van der Waals surface area contributed by atoms with Crippen LogP contribution in [0.15, 0.2) is 41.5 Å². The van der Waals surface area contributed by atoms with Gasteiger partial charge < -0.3 is 10.1 Å². The van der Waals surface area contributed by atoms with E-state index in [1.807, 2.05) is 18.3 Å². The lowest BCUT2D eigenvalue weighted by Crippen LogP contribution is -2.33. The highest BCUT2D eigenvalue weighted by Gasteiger charge is 2.32. The van der Waals surface area contributed by atoms with Crippen molar-refractivity contribution in [2.24, 2.45) is 4.99 Å². The maximum Gasteiger partial charge on any atom is 0.414 e. The minimum Gasteiger partial charge on any atom is -0.442 e. The smallest absolute Gasteiger partial charge is 0.414 e. The standard InChI is InChI=1S/C21H21FN4O3/c1-13(27)24-11-17-12-26(21(28)29-17)16-3-4-18(19(22)8-16)14-2-5-20(25-10-14)15-6-7-23-9-15/h2-5,8-10,15,17H,6-7,11-12H2,1H3,(H,24,27)/t15?,17-/m0/s1. The second-order valence-electron chi connectivity index (χ2n) is 7.14. The molecule has 1 N–H and O–H groups in total. The third-order valence-corrected chi connectivity index (χ3v) is 5.05. The van der Waals surface area contributed by atoms with Crippen LogP contribution in [-0.2, 0) is 9.53 Å². The zero-order valence-electron chi connectivity index (χ0n) is 16.0. The molecule has 0 saturated carbocycles. The average molecular weight is 396 g/mol. The number of carbonyl (C=O) groups excluding carboxylic acids is 2. The van der Waals surface area contributed by atoms with E-state index in [2.05, 4.69) is 15.3 Å². The van der Waals surface area contributed by atoms with Gasteiger partial charge in [-0.05, 0) is 30.7 Å². The largest absolute Gasteiger partial charge is 0.442 e. The number of halogens is 1. The molecule has 1 fully saturated rings. The first-order valence-corrected chi connectivity index (χ1v) is 9.49. The van der Waals surface area contributed by atoms with Gasteiger partial charge in [0.2, 0.25) is 5.91 Å². The van der Waals surface area contributed by atoms with Crippen LogP contribution in [0.4, 0.5) is 14.9 Å². The number of aliphatic imine (C=N–C) groups is 1. The molecule has 0 aliphatic carbocycles. The van der Waals surface area contributed by atoms with Crippen LogP contribution >= 0.6 is 0 Å². The molecule has 7 nitrogen and oxygen atoms in total. The lowest BCUT2D eigenvalue weighted by molar-refractivity contribution is -0.119. The summed E-state index contributed by atoms with van der Waals surface area (Å²) in [6.45, 7) is 2.68. The van der Waals surface area contributed by atoms with Crippen molar-refractivity contribution < 1.29 is 18.7 Å². The van der Waals surface area contributed by atoms with Gasteiger partial charge in [0.15, 0.2) is 0 Å². The van der Waals surface area contributed by atoms with Crippen molar-refractivity contribution in [1.82, 2.24) is 10.3 Å². The van der Waals surface area contributed by atoms with Crippen molar-refractivity contribution in [3.05, 3.63) is 48.0 Å². The van der Waals surface area contributed by atoms with Gasteiger partial charge in [-0.15, -0.1) is 0 Å². The topological polar surface area (TPSA) is 83.9 Å². The lowest BCUT2D eigenvalue weighted by atomic mass is 10.0. The van der Waals surface area contributed by atoms with Crippen LogP contribution in [-0.4, -0.2) is 48.9 Å². The third-order valence-electron chi connectivity index (χ3n) is 5.05. The quantitative estimate of drug-likeness (QED) is 0.842. The number of hydrogen-bond donors (Lipinski definition) is 1. The predicted octanol–water partition coefficient (Wildman–Crippen LogP) is 2.91. The molecule has 2 atom stereocenters. The minimum atomic E-state index is -0.559. The van der Waals surface area contributed by atoms with Crippen molar-refractivity contribution in [3.8, 4) is 11.1 Å². The van der Waals surface area contributed by atoms with Crippen molar-refractivity contribution in [1.29, 1.82) is 0 Å². The summed E-state index contributed by atoms with van der Waals surface area (Å²) in [7, 11) is 0. The Balaban J connectivity index is 1.48. The van der Waals surface area contributed by atoms with E-state index in [9.17, 15) is 14.0 Å². The van der Waals surface area contributed by atoms with E-state index in [4.69, 9.17) is 4.74 Å². The third kappa shape index (κ3) is 4.11. The maximum atomic E-state index is 14.8. The van der Waals surface area contributed by atoms with Gasteiger partial charge in [-0.1, -0.05) is 6.07 Å². The molecule has 0 radical (unpaired) electrons. The highest BCUT2D eigenvalue weighted by Crippen LogP contribution is 2.30. The zero-order chi connectivity index (χ0) is 20.4. The molecule has 1 unspecified atom stereocenters. The summed E-state index contributed by atoms with van der Waals surface area (Å²) in [5.74, 6) is -0.421. The van der Waals surface area contributed by atoms with Gasteiger partial charge in [0.05, 0.1) is 18.8 Å². The summed E-state index contributed by atoms with van der Waals surface area (Å²) in [4.78, 5) is 33.2. The molecule has 2 aromatic rings. The Morgan fingerprint density at radius 1 is 1.34 bits per heavy atom. The predicted molar refractivity (Wildman–Crippen MR) is 107 cm³/mol. The summed E-state index contributed by atoms with van der Waals surface area (Å²) in [6.07, 6.45) is 3.49. The number of aromatic nitrogens is 1. The van der Waals surface area contributed by atoms with Gasteiger partial charge in [0.25, 0.3) is 0 Å². The molecule has 1 saturated heterocycles. The Kier molecular flexibility index (Phi) is 5.24. The van der Waals surface area contributed by atoms with Crippen LogP contribution in [0.1, 0.15) is 25.0 Å². The van der Waals surface area contributed by atoms with Crippen LogP contribution in [0, 0.1) is 5.82 Å². The van der Waals surface area contributed by atoms with Crippen molar-refractivity contribution in [3.63, 3.8) is 0 Å². The van der Waals surface area contributed by atoms with Crippen molar-refractivity contribution in [2.75, 3.05) is 24.5 Å². The van der Waals surface area contributed by atoms with Crippen LogP contribution in [0.25, 0.3) is 11.1 Å². The number of cyclic esters (lactones) is 1.